The van der Waals surface area contributed by atoms with Crippen molar-refractivity contribution in [2.45, 2.75) is 26.7 Å². The van der Waals surface area contributed by atoms with E-state index in [0.717, 1.165) is 31.6 Å². The van der Waals surface area contributed by atoms with Gasteiger partial charge in [0, 0.05) is 57.8 Å². The Morgan fingerprint density at radius 3 is 2.16 bits per heavy atom. The summed E-state index contributed by atoms with van der Waals surface area (Å²) in [6.07, 6.45) is 1.59. The Morgan fingerprint density at radius 2 is 1.60 bits per heavy atom. The van der Waals surface area contributed by atoms with Gasteiger partial charge in [-0.2, -0.15) is 0 Å². The van der Waals surface area contributed by atoms with Gasteiger partial charge in [-0.25, -0.2) is 4.39 Å². The number of carbonyl (C=O) groups excluding carboxylic acids is 2. The zero-order chi connectivity index (χ0) is 18.0. The van der Waals surface area contributed by atoms with Crippen LogP contribution in [-0.2, 0) is 9.59 Å². The van der Waals surface area contributed by atoms with Crippen molar-refractivity contribution >= 4 is 17.5 Å². The van der Waals surface area contributed by atoms with E-state index < -0.39 is 0 Å². The Labute approximate surface area is 148 Å². The molecule has 3 rings (SSSR count). The van der Waals surface area contributed by atoms with E-state index in [1.165, 1.54) is 0 Å². The van der Waals surface area contributed by atoms with Gasteiger partial charge in [0.25, 0.3) is 0 Å². The van der Waals surface area contributed by atoms with Crippen LogP contribution in [0.25, 0.3) is 0 Å². The molecular weight excluding hydrogens is 321 g/mol. The second-order valence-corrected chi connectivity index (χ2v) is 7.03. The van der Waals surface area contributed by atoms with Gasteiger partial charge in [-0.15, -0.1) is 0 Å². The molecule has 2 amide bonds. The minimum absolute atomic E-state index is 0.0374. The molecule has 2 saturated heterocycles. The van der Waals surface area contributed by atoms with Crippen LogP contribution in [0.4, 0.5) is 10.1 Å². The second kappa shape index (κ2) is 7.42. The Morgan fingerprint density at radius 1 is 1.00 bits per heavy atom. The Balaban J connectivity index is 1.52. The fraction of sp³-hybridized carbons (Fsp3) is 0.579. The lowest BCUT2D eigenvalue weighted by Crippen LogP contribution is -2.52. The smallest absolute Gasteiger partial charge is 0.225 e. The molecule has 0 atom stereocenters. The molecule has 0 unspecified atom stereocenters. The van der Waals surface area contributed by atoms with Crippen LogP contribution in [0.15, 0.2) is 18.2 Å². The fourth-order valence-electron chi connectivity index (χ4n) is 3.66. The van der Waals surface area contributed by atoms with E-state index in [-0.39, 0.29) is 23.5 Å². The van der Waals surface area contributed by atoms with Gasteiger partial charge in [0.05, 0.1) is 0 Å². The van der Waals surface area contributed by atoms with Gasteiger partial charge in [0.1, 0.15) is 5.82 Å². The highest BCUT2D eigenvalue weighted by Crippen LogP contribution is 2.26. The van der Waals surface area contributed by atoms with E-state index in [0.29, 0.717) is 31.7 Å². The van der Waals surface area contributed by atoms with Gasteiger partial charge < -0.3 is 14.7 Å². The number of carbonyl (C=O) groups is 2. The lowest BCUT2D eigenvalue weighted by molar-refractivity contribution is -0.141. The number of rotatable bonds is 2. The summed E-state index contributed by atoms with van der Waals surface area (Å²) in [4.78, 5) is 29.9. The number of piperazine rings is 1. The summed E-state index contributed by atoms with van der Waals surface area (Å²) in [6.45, 7) is 7.38. The first-order chi connectivity index (χ1) is 12.0. The van der Waals surface area contributed by atoms with Gasteiger partial charge in [0.15, 0.2) is 0 Å². The molecule has 1 aromatic carbocycles. The van der Waals surface area contributed by atoms with Crippen molar-refractivity contribution < 1.29 is 14.0 Å². The van der Waals surface area contributed by atoms with E-state index in [9.17, 15) is 14.0 Å². The molecule has 0 bridgehead atoms. The molecule has 0 aromatic heterocycles. The number of hydrogen-bond donors (Lipinski definition) is 0. The van der Waals surface area contributed by atoms with Crippen LogP contribution in [0.2, 0.25) is 0 Å². The van der Waals surface area contributed by atoms with Crippen molar-refractivity contribution in [1.82, 2.24) is 9.80 Å². The number of piperidine rings is 1. The van der Waals surface area contributed by atoms with E-state index in [2.05, 4.69) is 4.90 Å². The first-order valence-corrected chi connectivity index (χ1v) is 9.01. The molecule has 2 aliphatic rings. The van der Waals surface area contributed by atoms with Gasteiger partial charge in [-0.05, 0) is 37.5 Å². The van der Waals surface area contributed by atoms with Crippen molar-refractivity contribution in [3.8, 4) is 0 Å². The summed E-state index contributed by atoms with van der Waals surface area (Å²) < 4.78 is 13.8. The maximum Gasteiger partial charge on any atom is 0.225 e. The zero-order valence-electron chi connectivity index (χ0n) is 15.0. The van der Waals surface area contributed by atoms with Crippen molar-refractivity contribution in [3.63, 3.8) is 0 Å². The number of amides is 2. The number of hydrogen-bond acceptors (Lipinski definition) is 3. The number of anilines is 1. The van der Waals surface area contributed by atoms with Gasteiger partial charge in [0.2, 0.25) is 11.8 Å². The molecule has 6 heteroatoms. The Hall–Kier alpha value is -2.11. The van der Waals surface area contributed by atoms with Gasteiger partial charge in [-0.1, -0.05) is 6.07 Å². The summed E-state index contributed by atoms with van der Waals surface area (Å²) >= 11 is 0. The Kier molecular flexibility index (Phi) is 5.25. The average Bonchev–Trinajstić information content (AvgIpc) is 2.63. The summed E-state index contributed by atoms with van der Waals surface area (Å²) in [5.74, 6) is 0.137. The molecule has 0 N–H and O–H groups in total. The summed E-state index contributed by atoms with van der Waals surface area (Å²) in [5, 5.41) is 0. The molecule has 136 valence electrons. The van der Waals surface area contributed by atoms with E-state index in [4.69, 9.17) is 0 Å². The fourth-order valence-corrected chi connectivity index (χ4v) is 3.66. The van der Waals surface area contributed by atoms with Crippen LogP contribution >= 0.6 is 0 Å². The molecule has 1 aromatic rings. The predicted molar refractivity (Wildman–Crippen MR) is 94.9 cm³/mol. The van der Waals surface area contributed by atoms with Crippen molar-refractivity contribution in [2.24, 2.45) is 5.92 Å². The van der Waals surface area contributed by atoms with Crippen molar-refractivity contribution in [3.05, 3.63) is 29.6 Å². The largest absolute Gasteiger partial charge is 0.371 e. The monoisotopic (exact) mass is 347 g/mol. The molecular formula is C19H26FN3O2. The standard InChI is InChI=1S/C19H26FN3O2/c1-14-3-4-17(13-18(14)20)22-7-5-16(6-8-22)19(25)23-11-9-21(10-12-23)15(2)24/h3-4,13,16H,5-12H2,1-2H3. The van der Waals surface area contributed by atoms with Crippen LogP contribution in [0.3, 0.4) is 0 Å². The van der Waals surface area contributed by atoms with Crippen molar-refractivity contribution in [2.75, 3.05) is 44.2 Å². The third-order valence-electron chi connectivity index (χ3n) is 5.40. The lowest BCUT2D eigenvalue weighted by atomic mass is 9.94. The number of halogens is 1. The molecule has 0 spiro atoms. The first kappa shape index (κ1) is 17.7. The van der Waals surface area contributed by atoms with Gasteiger partial charge >= 0.3 is 0 Å². The van der Waals surface area contributed by atoms with Crippen LogP contribution < -0.4 is 4.90 Å². The second-order valence-electron chi connectivity index (χ2n) is 7.03. The highest BCUT2D eigenvalue weighted by atomic mass is 19.1. The van der Waals surface area contributed by atoms with E-state index >= 15 is 0 Å². The maximum atomic E-state index is 13.8. The SMILES string of the molecule is CC(=O)N1CCN(C(=O)C2CCN(c3ccc(C)c(F)c3)CC2)CC1. The summed E-state index contributed by atoms with van der Waals surface area (Å²) in [5.41, 5.74) is 1.54. The number of benzene rings is 1. The summed E-state index contributed by atoms with van der Waals surface area (Å²) in [6, 6.07) is 5.33. The van der Waals surface area contributed by atoms with Crippen LogP contribution in [-0.4, -0.2) is 60.9 Å². The van der Waals surface area contributed by atoms with Gasteiger partial charge in [-0.3, -0.25) is 9.59 Å². The third-order valence-corrected chi connectivity index (χ3v) is 5.40. The highest BCUT2D eigenvalue weighted by molar-refractivity contribution is 5.80. The lowest BCUT2D eigenvalue weighted by Gasteiger charge is -2.38. The topological polar surface area (TPSA) is 43.9 Å². The molecule has 5 nitrogen and oxygen atoms in total. The van der Waals surface area contributed by atoms with Crippen molar-refractivity contribution in [1.29, 1.82) is 0 Å². The molecule has 0 radical (unpaired) electrons. The first-order valence-electron chi connectivity index (χ1n) is 9.01. The third kappa shape index (κ3) is 3.94. The maximum absolute atomic E-state index is 13.8. The molecule has 0 saturated carbocycles. The van der Waals surface area contributed by atoms with E-state index in [1.807, 2.05) is 11.0 Å². The Bertz CT molecular complexity index is 648. The molecule has 2 fully saturated rings. The highest BCUT2D eigenvalue weighted by Gasteiger charge is 2.31. The quantitative estimate of drug-likeness (QED) is 0.822. The van der Waals surface area contributed by atoms with Crippen LogP contribution in [0, 0.1) is 18.7 Å². The normalized spacial score (nSPS) is 19.2. The average molecular weight is 347 g/mol. The number of nitrogens with zero attached hydrogens (tertiary/aromatic N) is 3. The molecule has 25 heavy (non-hydrogen) atoms. The molecule has 0 aliphatic carbocycles. The zero-order valence-corrected chi connectivity index (χ0v) is 15.0. The minimum atomic E-state index is -0.181. The van der Waals surface area contributed by atoms with E-state index in [1.54, 1.807) is 30.9 Å². The minimum Gasteiger partial charge on any atom is -0.371 e. The predicted octanol–water partition coefficient (Wildman–Crippen LogP) is 2.04. The van der Waals surface area contributed by atoms with Crippen LogP contribution in [0.5, 0.6) is 0 Å². The molecule has 2 aliphatic heterocycles. The number of aryl methyl sites for hydroxylation is 1. The van der Waals surface area contributed by atoms with Crippen LogP contribution in [0.1, 0.15) is 25.3 Å². The summed E-state index contributed by atoms with van der Waals surface area (Å²) in [7, 11) is 0. The molecule has 2 heterocycles.